The lowest BCUT2D eigenvalue weighted by atomic mass is 10.1. The Balaban J connectivity index is 1.39. The number of ether oxygens (including phenoxy) is 3. The first-order valence-corrected chi connectivity index (χ1v) is 11.6. The Morgan fingerprint density at radius 1 is 1.21 bits per heavy atom. The molecule has 2 aromatic carbocycles. The van der Waals surface area contributed by atoms with E-state index in [9.17, 15) is 4.79 Å². The van der Waals surface area contributed by atoms with E-state index in [1.807, 2.05) is 48.5 Å². The molecule has 0 atom stereocenters. The van der Waals surface area contributed by atoms with Crippen molar-refractivity contribution in [2.24, 2.45) is 5.10 Å². The smallest absolute Gasteiger partial charge is 0.311 e. The van der Waals surface area contributed by atoms with Gasteiger partial charge in [-0.05, 0) is 48.9 Å². The van der Waals surface area contributed by atoms with Gasteiger partial charge in [-0.1, -0.05) is 6.07 Å². The number of rotatable bonds is 10. The van der Waals surface area contributed by atoms with Crippen LogP contribution in [0.3, 0.4) is 0 Å². The normalized spacial score (nSPS) is 11.0. The van der Waals surface area contributed by atoms with Gasteiger partial charge < -0.3 is 14.2 Å². The Labute approximate surface area is 201 Å². The lowest BCUT2D eigenvalue weighted by Gasteiger charge is -2.11. The van der Waals surface area contributed by atoms with E-state index in [4.69, 9.17) is 14.2 Å². The van der Waals surface area contributed by atoms with E-state index in [0.29, 0.717) is 24.0 Å². The summed E-state index contributed by atoms with van der Waals surface area (Å²) in [6.45, 7) is 2.46. The van der Waals surface area contributed by atoms with Crippen LogP contribution in [0.5, 0.6) is 11.5 Å². The van der Waals surface area contributed by atoms with Crippen LogP contribution in [0.1, 0.15) is 23.7 Å². The summed E-state index contributed by atoms with van der Waals surface area (Å²) < 4.78 is 16.4. The third-order valence-corrected chi connectivity index (χ3v) is 5.63. The summed E-state index contributed by atoms with van der Waals surface area (Å²) in [6, 6.07) is 15.5. The second kappa shape index (κ2) is 11.2. The van der Waals surface area contributed by atoms with Crippen LogP contribution in [-0.2, 0) is 22.6 Å². The highest BCUT2D eigenvalue weighted by Crippen LogP contribution is 2.24. The molecule has 8 nitrogen and oxygen atoms in total. The third-order valence-electron chi connectivity index (χ3n) is 4.83. The zero-order valence-electron chi connectivity index (χ0n) is 18.9. The van der Waals surface area contributed by atoms with Crippen molar-refractivity contribution >= 4 is 39.6 Å². The number of esters is 1. The van der Waals surface area contributed by atoms with Crippen LogP contribution in [0.2, 0.25) is 0 Å². The van der Waals surface area contributed by atoms with E-state index in [-0.39, 0.29) is 12.4 Å². The number of carbonyl (C=O) groups is 1. The Bertz CT molecular complexity index is 1310. The highest BCUT2D eigenvalue weighted by Gasteiger charge is 2.09. The van der Waals surface area contributed by atoms with Crippen LogP contribution in [0.15, 0.2) is 65.2 Å². The Hall–Kier alpha value is -3.98. The third kappa shape index (κ3) is 6.08. The summed E-state index contributed by atoms with van der Waals surface area (Å²) in [5, 5.41) is 7.72. The molecule has 9 heteroatoms. The fraction of sp³-hybridized carbons (Fsp3) is 0.200. The molecule has 1 N–H and O–H groups in total. The van der Waals surface area contributed by atoms with Crippen molar-refractivity contribution in [1.82, 2.24) is 9.97 Å². The Morgan fingerprint density at radius 3 is 2.97 bits per heavy atom. The zero-order chi connectivity index (χ0) is 23.8. The first kappa shape index (κ1) is 23.2. The molecular formula is C25H24N4O4S. The number of anilines is 1. The Kier molecular flexibility index (Phi) is 7.67. The van der Waals surface area contributed by atoms with Crippen molar-refractivity contribution in [3.8, 4) is 11.5 Å². The highest BCUT2D eigenvalue weighted by molar-refractivity contribution is 7.13. The molecule has 0 saturated heterocycles. The second-order valence-corrected chi connectivity index (χ2v) is 8.07. The standard InChI is InChI=1S/C25H24N4O4S/c1-3-32-24(30)12-20-16-34-25(28-20)29-27-14-17-6-9-23(31-2)19(11-17)15-33-21-8-7-18-5-4-10-26-22(18)13-21/h4-11,13-14,16H,3,12,15H2,1-2H3,(H,28,29). The predicted octanol–water partition coefficient (Wildman–Crippen LogP) is 4.83. The number of benzene rings is 2. The molecule has 0 bridgehead atoms. The molecule has 0 spiro atoms. The molecule has 174 valence electrons. The van der Waals surface area contributed by atoms with E-state index < -0.39 is 0 Å². The molecule has 4 aromatic rings. The summed E-state index contributed by atoms with van der Waals surface area (Å²) in [4.78, 5) is 20.3. The van der Waals surface area contributed by atoms with Crippen LogP contribution >= 0.6 is 11.3 Å². The SMILES string of the molecule is CCOC(=O)Cc1csc(NN=Cc2ccc(OC)c(COc3ccc4cccnc4c3)c2)n1. The monoisotopic (exact) mass is 476 g/mol. The zero-order valence-corrected chi connectivity index (χ0v) is 19.7. The molecule has 0 aliphatic heterocycles. The minimum atomic E-state index is -0.296. The molecule has 0 fully saturated rings. The second-order valence-electron chi connectivity index (χ2n) is 7.21. The number of aromatic nitrogens is 2. The summed E-state index contributed by atoms with van der Waals surface area (Å²) in [7, 11) is 1.63. The molecule has 0 saturated carbocycles. The largest absolute Gasteiger partial charge is 0.496 e. The van der Waals surface area contributed by atoms with Crippen molar-refractivity contribution in [3.63, 3.8) is 0 Å². The van der Waals surface area contributed by atoms with Crippen LogP contribution < -0.4 is 14.9 Å². The van der Waals surface area contributed by atoms with E-state index in [2.05, 4.69) is 20.5 Å². The molecular weight excluding hydrogens is 452 g/mol. The van der Waals surface area contributed by atoms with Crippen LogP contribution in [0.25, 0.3) is 10.9 Å². The average Bonchev–Trinajstić information content (AvgIpc) is 3.29. The summed E-state index contributed by atoms with van der Waals surface area (Å²) >= 11 is 1.37. The van der Waals surface area contributed by atoms with Crippen molar-refractivity contribution < 1.29 is 19.0 Å². The van der Waals surface area contributed by atoms with Crippen LogP contribution in [0.4, 0.5) is 5.13 Å². The van der Waals surface area contributed by atoms with E-state index in [1.54, 1.807) is 31.8 Å². The number of carbonyl (C=O) groups excluding carboxylic acids is 1. The maximum Gasteiger partial charge on any atom is 0.311 e. The van der Waals surface area contributed by atoms with Gasteiger partial charge in [0.1, 0.15) is 18.1 Å². The number of pyridine rings is 1. The van der Waals surface area contributed by atoms with Crippen molar-refractivity contribution in [2.75, 3.05) is 19.1 Å². The van der Waals surface area contributed by atoms with Gasteiger partial charge in [0, 0.05) is 28.6 Å². The molecule has 0 amide bonds. The topological polar surface area (TPSA) is 94.9 Å². The minimum absolute atomic E-state index is 0.144. The summed E-state index contributed by atoms with van der Waals surface area (Å²) in [5.41, 5.74) is 6.18. The average molecular weight is 477 g/mol. The number of hydrazone groups is 1. The van der Waals surface area contributed by atoms with Gasteiger partial charge in [-0.25, -0.2) is 4.98 Å². The van der Waals surface area contributed by atoms with Gasteiger partial charge in [0.15, 0.2) is 0 Å². The highest BCUT2D eigenvalue weighted by atomic mass is 32.1. The number of methoxy groups -OCH3 is 1. The first-order chi connectivity index (χ1) is 16.6. The van der Waals surface area contributed by atoms with E-state index in [1.165, 1.54) is 11.3 Å². The lowest BCUT2D eigenvalue weighted by molar-refractivity contribution is -0.142. The number of nitrogens with zero attached hydrogens (tertiary/aromatic N) is 3. The number of fused-ring (bicyclic) bond motifs is 1. The predicted molar refractivity (Wildman–Crippen MR) is 133 cm³/mol. The quantitative estimate of drug-likeness (QED) is 0.199. The van der Waals surface area contributed by atoms with Crippen molar-refractivity contribution in [2.45, 2.75) is 20.0 Å². The lowest BCUT2D eigenvalue weighted by Crippen LogP contribution is -2.07. The van der Waals surface area contributed by atoms with E-state index >= 15 is 0 Å². The van der Waals surface area contributed by atoms with Gasteiger partial charge in [0.05, 0.1) is 37.6 Å². The number of nitrogens with one attached hydrogen (secondary N) is 1. The van der Waals surface area contributed by atoms with E-state index in [0.717, 1.165) is 33.5 Å². The number of hydrogen-bond acceptors (Lipinski definition) is 9. The maximum atomic E-state index is 11.6. The minimum Gasteiger partial charge on any atom is -0.496 e. The number of thiazole rings is 1. The van der Waals surface area contributed by atoms with Gasteiger partial charge in [-0.2, -0.15) is 5.10 Å². The summed E-state index contributed by atoms with van der Waals surface area (Å²) in [5.74, 6) is 1.17. The van der Waals surface area contributed by atoms with Crippen molar-refractivity contribution in [1.29, 1.82) is 0 Å². The van der Waals surface area contributed by atoms with Gasteiger partial charge in [-0.15, -0.1) is 11.3 Å². The number of hydrogen-bond donors (Lipinski definition) is 1. The molecule has 0 aliphatic rings. The molecule has 34 heavy (non-hydrogen) atoms. The molecule has 0 radical (unpaired) electrons. The molecule has 2 heterocycles. The molecule has 4 rings (SSSR count). The molecule has 2 aromatic heterocycles. The Morgan fingerprint density at radius 2 is 2.12 bits per heavy atom. The fourth-order valence-electron chi connectivity index (χ4n) is 3.25. The fourth-order valence-corrected chi connectivity index (χ4v) is 3.91. The van der Waals surface area contributed by atoms with Gasteiger partial charge in [0.2, 0.25) is 5.13 Å². The first-order valence-electron chi connectivity index (χ1n) is 10.7. The maximum absolute atomic E-state index is 11.6. The van der Waals surface area contributed by atoms with Crippen LogP contribution in [-0.4, -0.2) is 35.9 Å². The van der Waals surface area contributed by atoms with Crippen LogP contribution in [0, 0.1) is 0 Å². The van der Waals surface area contributed by atoms with Crippen molar-refractivity contribution in [3.05, 3.63) is 76.9 Å². The van der Waals surface area contributed by atoms with Gasteiger partial charge >= 0.3 is 5.97 Å². The molecule has 0 aliphatic carbocycles. The van der Waals surface area contributed by atoms with Gasteiger partial charge in [-0.3, -0.25) is 15.2 Å². The van der Waals surface area contributed by atoms with Gasteiger partial charge in [0.25, 0.3) is 0 Å². The molecule has 0 unspecified atom stereocenters. The summed E-state index contributed by atoms with van der Waals surface area (Å²) in [6.07, 6.45) is 3.60.